The highest BCUT2D eigenvalue weighted by molar-refractivity contribution is 6.30. The number of nitrogens with one attached hydrogen (secondary N) is 1. The number of fused-ring (bicyclic) bond motifs is 1. The van der Waals surface area contributed by atoms with Crippen LogP contribution < -0.4 is 5.56 Å². The molecule has 4 nitrogen and oxygen atoms in total. The van der Waals surface area contributed by atoms with Gasteiger partial charge in [0.2, 0.25) is 0 Å². The van der Waals surface area contributed by atoms with Gasteiger partial charge in [-0.25, -0.2) is 9.37 Å². The summed E-state index contributed by atoms with van der Waals surface area (Å²) in [5, 5.41) is 0.0659. The number of benzene rings is 1. The van der Waals surface area contributed by atoms with Gasteiger partial charge in [0.1, 0.15) is 11.6 Å². The van der Waals surface area contributed by atoms with E-state index in [1.54, 1.807) is 12.1 Å². The lowest BCUT2D eigenvalue weighted by molar-refractivity contribution is 0.108. The molecule has 2 aromatic rings. The van der Waals surface area contributed by atoms with E-state index in [9.17, 15) is 9.18 Å². The van der Waals surface area contributed by atoms with Gasteiger partial charge in [-0.3, -0.25) is 4.79 Å². The van der Waals surface area contributed by atoms with E-state index in [1.165, 1.54) is 6.07 Å². The van der Waals surface area contributed by atoms with Gasteiger partial charge in [-0.2, -0.15) is 0 Å². The van der Waals surface area contributed by atoms with Crippen LogP contribution in [0.2, 0.25) is 5.02 Å². The van der Waals surface area contributed by atoms with Crippen LogP contribution in [0.5, 0.6) is 0 Å². The first kappa shape index (κ1) is 13.3. The summed E-state index contributed by atoms with van der Waals surface area (Å²) in [6, 6.07) is 4.79. The van der Waals surface area contributed by atoms with Crippen molar-refractivity contribution in [1.29, 1.82) is 0 Å². The van der Waals surface area contributed by atoms with E-state index < -0.39 is 5.82 Å². The van der Waals surface area contributed by atoms with Crippen LogP contribution in [-0.2, 0) is 24.2 Å². The third-order valence-electron chi connectivity index (χ3n) is 3.27. The molecule has 3 rings (SSSR count). The first-order valence-electron chi connectivity index (χ1n) is 6.26. The van der Waals surface area contributed by atoms with E-state index in [2.05, 4.69) is 9.97 Å². The Hall–Kier alpha value is -1.72. The molecule has 2 heterocycles. The Morgan fingerprint density at radius 1 is 1.45 bits per heavy atom. The van der Waals surface area contributed by atoms with Gasteiger partial charge in [-0.1, -0.05) is 23.7 Å². The molecule has 0 amide bonds. The summed E-state index contributed by atoms with van der Waals surface area (Å²) in [7, 11) is 0. The topological polar surface area (TPSA) is 55.0 Å². The van der Waals surface area contributed by atoms with Crippen LogP contribution in [0.15, 0.2) is 23.0 Å². The normalized spacial score (nSPS) is 14.1. The van der Waals surface area contributed by atoms with E-state index in [0.29, 0.717) is 30.0 Å². The first-order valence-corrected chi connectivity index (χ1v) is 6.64. The van der Waals surface area contributed by atoms with E-state index in [4.69, 9.17) is 16.3 Å². The van der Waals surface area contributed by atoms with E-state index in [0.717, 1.165) is 5.69 Å². The molecular weight excluding hydrogens is 283 g/mol. The predicted octanol–water partition coefficient (Wildman–Crippen LogP) is 2.23. The molecule has 1 aromatic heterocycles. The molecule has 0 saturated carbocycles. The van der Waals surface area contributed by atoms with Crippen LogP contribution in [-0.4, -0.2) is 16.6 Å². The van der Waals surface area contributed by atoms with Crippen LogP contribution in [0.4, 0.5) is 4.39 Å². The second-order valence-electron chi connectivity index (χ2n) is 4.63. The average Bonchev–Trinajstić information content (AvgIpc) is 2.44. The molecule has 1 aliphatic heterocycles. The molecule has 0 bridgehead atoms. The average molecular weight is 295 g/mol. The number of hydrogen-bond donors (Lipinski definition) is 1. The maximum Gasteiger partial charge on any atom is 0.256 e. The van der Waals surface area contributed by atoms with E-state index in [-0.39, 0.29) is 23.6 Å². The summed E-state index contributed by atoms with van der Waals surface area (Å²) < 4.78 is 19.1. The number of aromatic amines is 1. The molecule has 0 saturated heterocycles. The zero-order valence-corrected chi connectivity index (χ0v) is 11.3. The van der Waals surface area contributed by atoms with Crippen LogP contribution in [0.25, 0.3) is 0 Å². The number of aromatic nitrogens is 2. The molecule has 1 N–H and O–H groups in total. The van der Waals surface area contributed by atoms with Crippen molar-refractivity contribution >= 4 is 11.6 Å². The lowest BCUT2D eigenvalue weighted by Crippen LogP contribution is -2.25. The summed E-state index contributed by atoms with van der Waals surface area (Å²) in [6.45, 7) is 0.831. The van der Waals surface area contributed by atoms with Crippen molar-refractivity contribution in [3.8, 4) is 0 Å². The third kappa shape index (κ3) is 2.46. The minimum Gasteiger partial charge on any atom is -0.376 e. The minimum atomic E-state index is -0.474. The number of rotatable bonds is 2. The van der Waals surface area contributed by atoms with Gasteiger partial charge >= 0.3 is 0 Å². The molecule has 20 heavy (non-hydrogen) atoms. The van der Waals surface area contributed by atoms with Crippen molar-refractivity contribution in [3.05, 3.63) is 62.0 Å². The molecule has 0 aliphatic carbocycles. The number of halogens is 2. The fraction of sp³-hybridized carbons (Fsp3) is 0.286. The van der Waals surface area contributed by atoms with E-state index >= 15 is 0 Å². The third-order valence-corrected chi connectivity index (χ3v) is 3.56. The van der Waals surface area contributed by atoms with Crippen molar-refractivity contribution in [2.24, 2.45) is 0 Å². The maximum atomic E-state index is 13.9. The lowest BCUT2D eigenvalue weighted by Gasteiger charge is -2.15. The fourth-order valence-corrected chi connectivity index (χ4v) is 2.44. The fourth-order valence-electron chi connectivity index (χ4n) is 2.24. The summed E-state index contributed by atoms with van der Waals surface area (Å²) in [4.78, 5) is 19.0. The zero-order valence-electron chi connectivity index (χ0n) is 10.6. The molecule has 1 aliphatic rings. The molecule has 0 spiro atoms. The van der Waals surface area contributed by atoms with Crippen molar-refractivity contribution in [2.45, 2.75) is 19.4 Å². The first-order chi connectivity index (χ1) is 9.65. The highest BCUT2D eigenvalue weighted by Crippen LogP contribution is 2.20. The van der Waals surface area contributed by atoms with Crippen LogP contribution in [0.3, 0.4) is 0 Å². The SMILES string of the molecule is O=c1[nH]c(Cc2cccc(Cl)c2F)nc2c1COCC2. The predicted molar refractivity (Wildman–Crippen MR) is 72.4 cm³/mol. The van der Waals surface area contributed by atoms with Crippen LogP contribution >= 0.6 is 11.6 Å². The van der Waals surface area contributed by atoms with Gasteiger partial charge in [0, 0.05) is 12.8 Å². The van der Waals surface area contributed by atoms with Gasteiger partial charge in [-0.15, -0.1) is 0 Å². The summed E-state index contributed by atoms with van der Waals surface area (Å²) in [6.07, 6.45) is 0.806. The zero-order chi connectivity index (χ0) is 14.1. The maximum absolute atomic E-state index is 13.9. The van der Waals surface area contributed by atoms with Crippen molar-refractivity contribution in [2.75, 3.05) is 6.61 Å². The van der Waals surface area contributed by atoms with E-state index in [1.807, 2.05) is 0 Å². The molecule has 104 valence electrons. The summed E-state index contributed by atoms with van der Waals surface area (Å²) >= 11 is 5.74. The van der Waals surface area contributed by atoms with Crippen molar-refractivity contribution in [1.82, 2.24) is 9.97 Å². The lowest BCUT2D eigenvalue weighted by atomic mass is 10.1. The number of ether oxygens (including phenoxy) is 1. The standard InChI is InChI=1S/C14H12ClFN2O2/c15-10-3-1-2-8(13(10)16)6-12-17-11-4-5-20-7-9(11)14(19)18-12/h1-3H,4-7H2,(H,17,18,19). The number of hydrogen-bond acceptors (Lipinski definition) is 3. The Balaban J connectivity index is 1.97. The summed E-state index contributed by atoms with van der Waals surface area (Å²) in [5.74, 6) is -0.0327. The van der Waals surface area contributed by atoms with Gasteiger partial charge in [0.25, 0.3) is 5.56 Å². The second-order valence-corrected chi connectivity index (χ2v) is 5.04. The highest BCUT2D eigenvalue weighted by atomic mass is 35.5. The monoisotopic (exact) mass is 294 g/mol. The number of H-pyrrole nitrogens is 1. The Kier molecular flexibility index (Phi) is 3.54. The van der Waals surface area contributed by atoms with Gasteiger partial charge in [0.15, 0.2) is 0 Å². The smallest absolute Gasteiger partial charge is 0.256 e. The van der Waals surface area contributed by atoms with Gasteiger partial charge in [-0.05, 0) is 11.6 Å². The largest absolute Gasteiger partial charge is 0.376 e. The quantitative estimate of drug-likeness (QED) is 0.924. The van der Waals surface area contributed by atoms with Gasteiger partial charge < -0.3 is 9.72 Å². The molecular formula is C14H12ClFN2O2. The Morgan fingerprint density at radius 2 is 2.30 bits per heavy atom. The minimum absolute atomic E-state index is 0.0659. The Bertz CT molecular complexity index is 715. The van der Waals surface area contributed by atoms with Crippen molar-refractivity contribution in [3.63, 3.8) is 0 Å². The molecule has 0 unspecified atom stereocenters. The number of nitrogens with zero attached hydrogens (tertiary/aromatic N) is 1. The van der Waals surface area contributed by atoms with Crippen LogP contribution in [0.1, 0.15) is 22.6 Å². The molecule has 0 radical (unpaired) electrons. The van der Waals surface area contributed by atoms with Gasteiger partial charge in [0.05, 0.1) is 29.5 Å². The molecule has 0 atom stereocenters. The Morgan fingerprint density at radius 3 is 3.15 bits per heavy atom. The van der Waals surface area contributed by atoms with Crippen molar-refractivity contribution < 1.29 is 9.13 Å². The van der Waals surface area contributed by atoms with Crippen LogP contribution in [0, 0.1) is 5.82 Å². The second kappa shape index (κ2) is 5.34. The molecule has 0 fully saturated rings. The Labute approximate surface area is 119 Å². The molecule has 1 aromatic carbocycles. The highest BCUT2D eigenvalue weighted by Gasteiger charge is 2.17. The summed E-state index contributed by atoms with van der Waals surface area (Å²) in [5.41, 5.74) is 1.49. The molecule has 6 heteroatoms.